The summed E-state index contributed by atoms with van der Waals surface area (Å²) < 4.78 is 0. The molecule has 112 valence electrons. The van der Waals surface area contributed by atoms with E-state index in [1.807, 2.05) is 12.3 Å². The summed E-state index contributed by atoms with van der Waals surface area (Å²) in [4.78, 5) is 21.5. The summed E-state index contributed by atoms with van der Waals surface area (Å²) in [6.45, 7) is 3.03. The van der Waals surface area contributed by atoms with Crippen LogP contribution in [0.25, 0.3) is 0 Å². The molecule has 2 atom stereocenters. The Morgan fingerprint density at radius 1 is 1.14 bits per heavy atom. The van der Waals surface area contributed by atoms with Gasteiger partial charge in [0.15, 0.2) is 0 Å². The van der Waals surface area contributed by atoms with Gasteiger partial charge in [-0.3, -0.25) is 14.7 Å². The quantitative estimate of drug-likeness (QED) is 0.849. The van der Waals surface area contributed by atoms with E-state index in [1.54, 1.807) is 0 Å². The summed E-state index contributed by atoms with van der Waals surface area (Å²) in [5.74, 6) is 1.18. The molecule has 0 spiro atoms. The van der Waals surface area contributed by atoms with Crippen molar-refractivity contribution in [3.63, 3.8) is 0 Å². The molecule has 4 rings (SSSR count). The summed E-state index contributed by atoms with van der Waals surface area (Å²) in [6, 6.07) is 7.12. The third kappa shape index (κ3) is 2.69. The van der Waals surface area contributed by atoms with Crippen LogP contribution in [0.3, 0.4) is 0 Å². The third-order valence-electron chi connectivity index (χ3n) is 5.24. The van der Waals surface area contributed by atoms with Crippen LogP contribution >= 0.6 is 0 Å². The smallest absolute Gasteiger partial charge is 0.222 e. The Morgan fingerprint density at radius 3 is 2.81 bits per heavy atom. The summed E-state index contributed by atoms with van der Waals surface area (Å²) in [5.41, 5.74) is 1.14. The molecule has 21 heavy (non-hydrogen) atoms. The number of piperidine rings is 1. The van der Waals surface area contributed by atoms with Crippen molar-refractivity contribution in [3.8, 4) is 0 Å². The van der Waals surface area contributed by atoms with Gasteiger partial charge in [-0.25, -0.2) is 0 Å². The van der Waals surface area contributed by atoms with Crippen LogP contribution in [0.1, 0.15) is 37.8 Å². The van der Waals surface area contributed by atoms with Gasteiger partial charge < -0.3 is 4.90 Å². The molecule has 4 heteroatoms. The number of aromatic nitrogens is 1. The Hall–Kier alpha value is -1.42. The SMILES string of the molecule is O=C1CC[C@@H]2[C@@H](CCN2Cc2ccccn2)N1CC1CC1. The molecule has 3 fully saturated rings. The Labute approximate surface area is 126 Å². The van der Waals surface area contributed by atoms with Crippen molar-refractivity contribution in [1.82, 2.24) is 14.8 Å². The van der Waals surface area contributed by atoms with E-state index in [0.717, 1.165) is 50.5 Å². The minimum Gasteiger partial charge on any atom is -0.338 e. The predicted octanol–water partition coefficient (Wildman–Crippen LogP) is 2.06. The third-order valence-corrected chi connectivity index (χ3v) is 5.24. The lowest BCUT2D eigenvalue weighted by Gasteiger charge is -2.40. The van der Waals surface area contributed by atoms with Crippen molar-refractivity contribution < 1.29 is 4.79 Å². The van der Waals surface area contributed by atoms with Crippen LogP contribution in [-0.2, 0) is 11.3 Å². The number of hydrogen-bond acceptors (Lipinski definition) is 3. The normalized spacial score (nSPS) is 29.7. The van der Waals surface area contributed by atoms with E-state index >= 15 is 0 Å². The summed E-state index contributed by atoms with van der Waals surface area (Å²) in [7, 11) is 0. The fourth-order valence-corrected chi connectivity index (χ4v) is 3.95. The zero-order chi connectivity index (χ0) is 14.2. The highest BCUT2D eigenvalue weighted by atomic mass is 16.2. The van der Waals surface area contributed by atoms with Crippen LogP contribution in [0.4, 0.5) is 0 Å². The number of likely N-dealkylation sites (tertiary alicyclic amines) is 2. The largest absolute Gasteiger partial charge is 0.338 e. The number of amides is 1. The Morgan fingerprint density at radius 2 is 2.05 bits per heavy atom. The molecular weight excluding hydrogens is 262 g/mol. The molecule has 1 aromatic heterocycles. The monoisotopic (exact) mass is 285 g/mol. The second-order valence-corrected chi connectivity index (χ2v) is 6.74. The van der Waals surface area contributed by atoms with Crippen LogP contribution in [0.15, 0.2) is 24.4 Å². The summed E-state index contributed by atoms with van der Waals surface area (Å²) >= 11 is 0. The van der Waals surface area contributed by atoms with Gasteiger partial charge in [0.1, 0.15) is 0 Å². The molecule has 0 radical (unpaired) electrons. The molecule has 0 N–H and O–H groups in total. The van der Waals surface area contributed by atoms with Crippen LogP contribution in [0, 0.1) is 5.92 Å². The van der Waals surface area contributed by atoms with E-state index < -0.39 is 0 Å². The van der Waals surface area contributed by atoms with E-state index in [1.165, 1.54) is 12.8 Å². The van der Waals surface area contributed by atoms with Crippen molar-refractivity contribution in [2.24, 2.45) is 5.92 Å². The van der Waals surface area contributed by atoms with Crippen molar-refractivity contribution in [3.05, 3.63) is 30.1 Å². The Balaban J connectivity index is 1.46. The van der Waals surface area contributed by atoms with Crippen LogP contribution < -0.4 is 0 Å². The highest BCUT2D eigenvalue weighted by Gasteiger charge is 2.44. The van der Waals surface area contributed by atoms with Crippen molar-refractivity contribution in [1.29, 1.82) is 0 Å². The molecule has 3 heterocycles. The average molecular weight is 285 g/mol. The van der Waals surface area contributed by atoms with E-state index in [2.05, 4.69) is 26.9 Å². The molecule has 2 aliphatic heterocycles. The fraction of sp³-hybridized carbons (Fsp3) is 0.647. The molecule has 4 nitrogen and oxygen atoms in total. The minimum atomic E-state index is 0.392. The number of fused-ring (bicyclic) bond motifs is 1. The van der Waals surface area contributed by atoms with Crippen LogP contribution in [0.2, 0.25) is 0 Å². The first kappa shape index (κ1) is 13.3. The maximum atomic E-state index is 12.3. The second kappa shape index (κ2) is 5.41. The number of nitrogens with zero attached hydrogens (tertiary/aromatic N) is 3. The number of rotatable bonds is 4. The van der Waals surface area contributed by atoms with Gasteiger partial charge in [0, 0.05) is 44.3 Å². The highest BCUT2D eigenvalue weighted by Crippen LogP contribution is 2.36. The number of hydrogen-bond donors (Lipinski definition) is 0. The number of carbonyl (C=O) groups excluding carboxylic acids is 1. The Kier molecular flexibility index (Phi) is 3.42. The summed E-state index contributed by atoms with van der Waals surface area (Å²) in [5, 5.41) is 0. The first-order valence-corrected chi connectivity index (χ1v) is 8.24. The molecule has 1 aliphatic carbocycles. The van der Waals surface area contributed by atoms with Crippen LogP contribution in [-0.4, -0.2) is 45.9 Å². The lowest BCUT2D eigenvalue weighted by molar-refractivity contribution is -0.138. The summed E-state index contributed by atoms with van der Waals surface area (Å²) in [6.07, 6.45) is 7.39. The first-order chi connectivity index (χ1) is 10.3. The lowest BCUT2D eigenvalue weighted by Crippen LogP contribution is -2.52. The van der Waals surface area contributed by atoms with Crippen molar-refractivity contribution in [2.75, 3.05) is 13.1 Å². The lowest BCUT2D eigenvalue weighted by atomic mass is 9.96. The topological polar surface area (TPSA) is 36.4 Å². The molecule has 3 aliphatic rings. The molecule has 0 aromatic carbocycles. The van der Waals surface area contributed by atoms with E-state index in [-0.39, 0.29) is 0 Å². The molecule has 1 amide bonds. The maximum absolute atomic E-state index is 12.3. The zero-order valence-corrected chi connectivity index (χ0v) is 12.4. The fourth-order valence-electron chi connectivity index (χ4n) is 3.95. The van der Waals surface area contributed by atoms with E-state index in [0.29, 0.717) is 18.0 Å². The average Bonchev–Trinajstić information content (AvgIpc) is 3.24. The van der Waals surface area contributed by atoms with Gasteiger partial charge in [0.05, 0.1) is 5.69 Å². The second-order valence-electron chi connectivity index (χ2n) is 6.74. The van der Waals surface area contributed by atoms with Gasteiger partial charge in [0.25, 0.3) is 0 Å². The number of carbonyl (C=O) groups is 1. The zero-order valence-electron chi connectivity index (χ0n) is 12.4. The van der Waals surface area contributed by atoms with Gasteiger partial charge in [0.2, 0.25) is 5.91 Å². The molecular formula is C17H23N3O. The van der Waals surface area contributed by atoms with Crippen molar-refractivity contribution in [2.45, 2.75) is 50.7 Å². The molecule has 1 aromatic rings. The standard InChI is InChI=1S/C17H23N3O/c21-17-7-6-15-16(20(17)11-13-4-5-13)8-10-19(15)12-14-3-1-2-9-18-14/h1-3,9,13,15-16H,4-8,10-12H2/t15-,16-/m1/s1. The van der Waals surface area contributed by atoms with Gasteiger partial charge in [-0.05, 0) is 43.7 Å². The van der Waals surface area contributed by atoms with Crippen LogP contribution in [0.5, 0.6) is 0 Å². The molecule has 0 unspecified atom stereocenters. The van der Waals surface area contributed by atoms with E-state index in [4.69, 9.17) is 0 Å². The first-order valence-electron chi connectivity index (χ1n) is 8.24. The number of pyridine rings is 1. The van der Waals surface area contributed by atoms with Gasteiger partial charge in [-0.1, -0.05) is 6.07 Å². The highest BCUT2D eigenvalue weighted by molar-refractivity contribution is 5.77. The molecule has 2 saturated heterocycles. The Bertz CT molecular complexity index is 514. The molecule has 1 saturated carbocycles. The predicted molar refractivity (Wildman–Crippen MR) is 80.5 cm³/mol. The van der Waals surface area contributed by atoms with E-state index in [9.17, 15) is 4.79 Å². The van der Waals surface area contributed by atoms with Gasteiger partial charge in [-0.2, -0.15) is 0 Å². The minimum absolute atomic E-state index is 0.392. The van der Waals surface area contributed by atoms with Crippen molar-refractivity contribution >= 4 is 5.91 Å². The maximum Gasteiger partial charge on any atom is 0.222 e. The molecule has 0 bridgehead atoms. The van der Waals surface area contributed by atoms with Gasteiger partial charge >= 0.3 is 0 Å². The van der Waals surface area contributed by atoms with Gasteiger partial charge in [-0.15, -0.1) is 0 Å².